The van der Waals surface area contributed by atoms with Crippen molar-refractivity contribution in [1.29, 1.82) is 0 Å². The normalized spacial score (nSPS) is 21.9. The molecule has 2 atom stereocenters. The summed E-state index contributed by atoms with van der Waals surface area (Å²) in [6, 6.07) is 15.6. The van der Waals surface area contributed by atoms with Crippen LogP contribution in [0.4, 0.5) is 5.69 Å². The van der Waals surface area contributed by atoms with E-state index < -0.39 is 0 Å². The number of fused-ring (bicyclic) bond motifs is 3. The molecular formula is C22H21N3O2. The van der Waals surface area contributed by atoms with Crippen LogP contribution in [0.1, 0.15) is 42.5 Å². The van der Waals surface area contributed by atoms with Gasteiger partial charge in [-0.3, -0.25) is 9.78 Å². The van der Waals surface area contributed by atoms with Gasteiger partial charge < -0.3 is 15.3 Å². The smallest absolute Gasteiger partial charge is 0.223 e. The molecule has 1 aromatic heterocycles. The Morgan fingerprint density at radius 3 is 2.89 bits per heavy atom. The largest absolute Gasteiger partial charge is 0.508 e. The molecule has 0 radical (unpaired) electrons. The number of hydrogen-bond acceptors (Lipinski definition) is 4. The van der Waals surface area contributed by atoms with Crippen LogP contribution >= 0.6 is 0 Å². The van der Waals surface area contributed by atoms with E-state index in [2.05, 4.69) is 28.5 Å². The van der Waals surface area contributed by atoms with Crippen LogP contribution in [0.3, 0.4) is 0 Å². The summed E-state index contributed by atoms with van der Waals surface area (Å²) in [6.07, 6.45) is 4.13. The Hall–Kier alpha value is -3.08. The Kier molecular flexibility index (Phi) is 3.74. The number of aromatic hydroxyl groups is 1. The fourth-order valence-electron chi connectivity index (χ4n) is 4.43. The molecule has 5 rings (SSSR count). The van der Waals surface area contributed by atoms with Gasteiger partial charge in [0, 0.05) is 30.1 Å². The number of rotatable bonds is 2. The molecule has 0 spiro atoms. The average molecular weight is 359 g/mol. The summed E-state index contributed by atoms with van der Waals surface area (Å²) in [7, 11) is 0. The number of hydrogen-bond donors (Lipinski definition) is 2. The van der Waals surface area contributed by atoms with Crippen molar-refractivity contribution >= 4 is 22.5 Å². The molecule has 1 amide bonds. The molecule has 1 fully saturated rings. The van der Waals surface area contributed by atoms with E-state index in [1.165, 1.54) is 0 Å². The minimum atomic E-state index is 0.00982. The SMILES string of the molecule is O=C1CCCN1C1CC(c2cccc(O)c2)Nc2c1ccc1cccnc21. The number of phenols is 1. The van der Waals surface area contributed by atoms with E-state index in [4.69, 9.17) is 0 Å². The summed E-state index contributed by atoms with van der Waals surface area (Å²) < 4.78 is 0. The van der Waals surface area contributed by atoms with E-state index in [9.17, 15) is 9.90 Å². The molecule has 0 saturated carbocycles. The summed E-state index contributed by atoms with van der Waals surface area (Å²) in [6.45, 7) is 0.802. The first-order valence-electron chi connectivity index (χ1n) is 9.43. The van der Waals surface area contributed by atoms with E-state index in [0.717, 1.165) is 47.1 Å². The zero-order chi connectivity index (χ0) is 18.4. The first-order chi connectivity index (χ1) is 13.2. The van der Waals surface area contributed by atoms with Crippen LogP contribution in [-0.2, 0) is 4.79 Å². The van der Waals surface area contributed by atoms with Crippen molar-refractivity contribution in [3.05, 3.63) is 65.9 Å². The zero-order valence-corrected chi connectivity index (χ0v) is 14.9. The third kappa shape index (κ3) is 2.70. The van der Waals surface area contributed by atoms with Crippen molar-refractivity contribution in [1.82, 2.24) is 9.88 Å². The molecule has 0 bridgehead atoms. The molecule has 136 valence electrons. The van der Waals surface area contributed by atoms with Crippen LogP contribution in [0, 0.1) is 0 Å². The van der Waals surface area contributed by atoms with Gasteiger partial charge in [0.05, 0.1) is 23.3 Å². The Morgan fingerprint density at radius 2 is 2.07 bits per heavy atom. The van der Waals surface area contributed by atoms with Gasteiger partial charge in [-0.1, -0.05) is 30.3 Å². The van der Waals surface area contributed by atoms with Crippen molar-refractivity contribution in [2.24, 2.45) is 0 Å². The van der Waals surface area contributed by atoms with E-state index in [1.54, 1.807) is 18.3 Å². The van der Waals surface area contributed by atoms with E-state index in [-0.39, 0.29) is 23.7 Å². The zero-order valence-electron chi connectivity index (χ0n) is 14.9. The molecule has 2 aliphatic heterocycles. The summed E-state index contributed by atoms with van der Waals surface area (Å²) in [5.41, 5.74) is 4.08. The average Bonchev–Trinajstić information content (AvgIpc) is 3.12. The topological polar surface area (TPSA) is 65.5 Å². The molecule has 0 aliphatic carbocycles. The molecule has 3 heterocycles. The maximum absolute atomic E-state index is 12.5. The van der Waals surface area contributed by atoms with Gasteiger partial charge in [0.1, 0.15) is 5.75 Å². The Labute approximate surface area is 157 Å². The van der Waals surface area contributed by atoms with Crippen LogP contribution in [-0.4, -0.2) is 27.4 Å². The van der Waals surface area contributed by atoms with Crippen molar-refractivity contribution in [2.45, 2.75) is 31.3 Å². The second-order valence-electron chi connectivity index (χ2n) is 7.34. The fraction of sp³-hybridized carbons (Fsp3) is 0.273. The lowest BCUT2D eigenvalue weighted by molar-refractivity contribution is -0.130. The number of benzene rings is 2. The number of amides is 1. The quantitative estimate of drug-likeness (QED) is 0.721. The summed E-state index contributed by atoms with van der Waals surface area (Å²) in [5.74, 6) is 0.480. The van der Waals surface area contributed by atoms with E-state index in [1.807, 2.05) is 23.1 Å². The highest BCUT2D eigenvalue weighted by molar-refractivity contribution is 5.93. The molecular weight excluding hydrogens is 338 g/mol. The number of anilines is 1. The number of carbonyl (C=O) groups is 1. The van der Waals surface area contributed by atoms with Gasteiger partial charge in [-0.2, -0.15) is 0 Å². The molecule has 2 aromatic carbocycles. The highest BCUT2D eigenvalue weighted by Gasteiger charge is 2.36. The number of likely N-dealkylation sites (tertiary alicyclic amines) is 1. The second kappa shape index (κ2) is 6.27. The molecule has 5 heteroatoms. The first-order valence-corrected chi connectivity index (χ1v) is 9.43. The Morgan fingerprint density at radius 1 is 1.15 bits per heavy atom. The number of nitrogens with one attached hydrogen (secondary N) is 1. The molecule has 1 saturated heterocycles. The summed E-state index contributed by atoms with van der Waals surface area (Å²) in [4.78, 5) is 19.1. The summed E-state index contributed by atoms with van der Waals surface area (Å²) >= 11 is 0. The van der Waals surface area contributed by atoms with Gasteiger partial charge in [0.15, 0.2) is 0 Å². The van der Waals surface area contributed by atoms with Crippen LogP contribution in [0.2, 0.25) is 0 Å². The van der Waals surface area contributed by atoms with E-state index >= 15 is 0 Å². The number of phenolic OH excluding ortho intramolecular Hbond substituents is 1. The van der Waals surface area contributed by atoms with Crippen molar-refractivity contribution in [3.8, 4) is 5.75 Å². The maximum Gasteiger partial charge on any atom is 0.223 e. The van der Waals surface area contributed by atoms with Gasteiger partial charge in [0.2, 0.25) is 5.91 Å². The van der Waals surface area contributed by atoms with Gasteiger partial charge in [0.25, 0.3) is 0 Å². The molecule has 27 heavy (non-hydrogen) atoms. The van der Waals surface area contributed by atoms with Gasteiger partial charge in [-0.25, -0.2) is 0 Å². The Balaban J connectivity index is 1.66. The third-order valence-electron chi connectivity index (χ3n) is 5.70. The number of aromatic nitrogens is 1. The van der Waals surface area contributed by atoms with Crippen LogP contribution in [0.5, 0.6) is 5.75 Å². The van der Waals surface area contributed by atoms with Gasteiger partial charge >= 0.3 is 0 Å². The minimum Gasteiger partial charge on any atom is -0.508 e. The standard InChI is InChI=1S/C22H21N3O2/c26-16-6-1-4-15(12-16)18-13-19(25-11-3-7-20(25)27)17-9-8-14-5-2-10-23-21(14)22(17)24-18/h1-2,4-6,8-10,12,18-19,24,26H,3,7,11,13H2. The molecule has 2 N–H and O–H groups in total. The predicted octanol–water partition coefficient (Wildman–Crippen LogP) is 4.16. The number of pyridine rings is 1. The third-order valence-corrected chi connectivity index (χ3v) is 5.70. The molecule has 5 nitrogen and oxygen atoms in total. The van der Waals surface area contributed by atoms with Crippen molar-refractivity contribution < 1.29 is 9.90 Å². The number of nitrogens with zero attached hydrogens (tertiary/aromatic N) is 2. The molecule has 2 aliphatic rings. The monoisotopic (exact) mass is 359 g/mol. The van der Waals surface area contributed by atoms with Crippen molar-refractivity contribution in [2.75, 3.05) is 11.9 Å². The second-order valence-corrected chi connectivity index (χ2v) is 7.34. The predicted molar refractivity (Wildman–Crippen MR) is 105 cm³/mol. The maximum atomic E-state index is 12.5. The van der Waals surface area contributed by atoms with Gasteiger partial charge in [-0.05, 0) is 36.6 Å². The minimum absolute atomic E-state index is 0.00982. The lowest BCUT2D eigenvalue weighted by atomic mass is 9.87. The lowest BCUT2D eigenvalue weighted by Gasteiger charge is -2.38. The first kappa shape index (κ1) is 16.1. The Bertz CT molecular complexity index is 1030. The van der Waals surface area contributed by atoms with Crippen LogP contribution < -0.4 is 5.32 Å². The molecule has 2 unspecified atom stereocenters. The van der Waals surface area contributed by atoms with Crippen LogP contribution in [0.15, 0.2) is 54.7 Å². The summed E-state index contributed by atoms with van der Waals surface area (Å²) in [5, 5.41) is 14.6. The van der Waals surface area contributed by atoms with E-state index in [0.29, 0.717) is 6.42 Å². The number of carbonyl (C=O) groups excluding carboxylic acids is 1. The van der Waals surface area contributed by atoms with Crippen LogP contribution in [0.25, 0.3) is 10.9 Å². The highest BCUT2D eigenvalue weighted by Crippen LogP contribution is 2.45. The molecule has 3 aromatic rings. The highest BCUT2D eigenvalue weighted by atomic mass is 16.3. The van der Waals surface area contributed by atoms with Gasteiger partial charge in [-0.15, -0.1) is 0 Å². The fourth-order valence-corrected chi connectivity index (χ4v) is 4.43. The lowest BCUT2D eigenvalue weighted by Crippen LogP contribution is -2.35. The van der Waals surface area contributed by atoms with Crippen molar-refractivity contribution in [3.63, 3.8) is 0 Å².